The lowest BCUT2D eigenvalue weighted by Gasteiger charge is -2.25. The van der Waals surface area contributed by atoms with Gasteiger partial charge in [0.15, 0.2) is 0 Å². The summed E-state index contributed by atoms with van der Waals surface area (Å²) in [6, 6.07) is 6.38. The number of alkyl halides is 5. The lowest BCUT2D eigenvalue weighted by molar-refractivity contribution is -0.306. The summed E-state index contributed by atoms with van der Waals surface area (Å²) in [5, 5.41) is 9.18. The summed E-state index contributed by atoms with van der Waals surface area (Å²) in [5.74, 6) is -5.19. The van der Waals surface area contributed by atoms with E-state index in [4.69, 9.17) is 0 Å². The molecule has 0 aromatic heterocycles. The normalized spacial score (nSPS) is 15.5. The van der Waals surface area contributed by atoms with E-state index in [0.29, 0.717) is 10.0 Å². The third-order valence-electron chi connectivity index (χ3n) is 2.44. The molecule has 1 atom stereocenters. The highest BCUT2D eigenvalue weighted by Gasteiger charge is 2.62. The molecule has 0 saturated carbocycles. The largest absolute Gasteiger partial charge is 0.456 e. The number of rotatable bonds is 3. The van der Waals surface area contributed by atoms with E-state index in [0.717, 1.165) is 13.0 Å². The molecule has 1 aromatic carbocycles. The average molecular weight is 345 g/mol. The summed E-state index contributed by atoms with van der Waals surface area (Å²) in [7, 11) is 0. The Morgan fingerprint density at radius 2 is 1.74 bits per heavy atom. The second-order valence-corrected chi connectivity index (χ2v) is 4.79. The fraction of sp³-hybridized carbons (Fsp3) is 0.333. The quantitative estimate of drug-likeness (QED) is 0.805. The number of hydrogen-bond acceptors (Lipinski definition) is 1. The second-order valence-electron chi connectivity index (χ2n) is 3.93. The van der Waals surface area contributed by atoms with Crippen LogP contribution in [0.25, 0.3) is 6.08 Å². The summed E-state index contributed by atoms with van der Waals surface area (Å²) < 4.78 is 62.8. The van der Waals surface area contributed by atoms with Gasteiger partial charge in [-0.15, -0.1) is 0 Å². The number of aliphatic hydroxyl groups is 1. The SMILES string of the molecule is C/C(=C\c1ccccc1Br)C(O)C(F)(F)C(F)(F)F. The van der Waals surface area contributed by atoms with Gasteiger partial charge in [0.05, 0.1) is 0 Å². The maximum absolute atomic E-state index is 13.0. The molecule has 0 aliphatic rings. The predicted octanol–water partition coefficient (Wildman–Crippen LogP) is 4.41. The number of hydrogen-bond donors (Lipinski definition) is 1. The minimum atomic E-state index is -5.80. The van der Waals surface area contributed by atoms with Crippen molar-refractivity contribution in [2.24, 2.45) is 0 Å². The third-order valence-corrected chi connectivity index (χ3v) is 3.16. The molecule has 0 saturated heterocycles. The Morgan fingerprint density at radius 3 is 2.21 bits per heavy atom. The van der Waals surface area contributed by atoms with E-state index in [2.05, 4.69) is 15.9 Å². The van der Waals surface area contributed by atoms with Gasteiger partial charge in [-0.3, -0.25) is 0 Å². The molecule has 0 bridgehead atoms. The van der Waals surface area contributed by atoms with Gasteiger partial charge in [-0.25, -0.2) is 0 Å². The lowest BCUT2D eigenvalue weighted by atomic mass is 10.0. The van der Waals surface area contributed by atoms with E-state index in [-0.39, 0.29) is 0 Å². The van der Waals surface area contributed by atoms with Crippen LogP contribution in [0.2, 0.25) is 0 Å². The van der Waals surface area contributed by atoms with E-state index in [9.17, 15) is 27.1 Å². The first-order valence-corrected chi connectivity index (χ1v) is 5.92. The highest BCUT2D eigenvalue weighted by molar-refractivity contribution is 9.10. The molecule has 19 heavy (non-hydrogen) atoms. The van der Waals surface area contributed by atoms with Gasteiger partial charge < -0.3 is 5.11 Å². The van der Waals surface area contributed by atoms with E-state index in [1.54, 1.807) is 18.2 Å². The molecule has 0 fully saturated rings. The molecule has 7 heteroatoms. The van der Waals surface area contributed by atoms with Crippen LogP contribution in [0.4, 0.5) is 22.0 Å². The molecule has 106 valence electrons. The summed E-state index contributed by atoms with van der Waals surface area (Å²) in [5.41, 5.74) is -0.0775. The topological polar surface area (TPSA) is 20.2 Å². The van der Waals surface area contributed by atoms with Crippen molar-refractivity contribution in [2.75, 3.05) is 0 Å². The smallest absolute Gasteiger partial charge is 0.382 e. The molecule has 0 heterocycles. The summed E-state index contributed by atoms with van der Waals surface area (Å²) in [6.45, 7) is 1.02. The van der Waals surface area contributed by atoms with E-state index >= 15 is 0 Å². The summed E-state index contributed by atoms with van der Waals surface area (Å²) in [6.07, 6.45) is -7.64. The molecule has 1 nitrogen and oxygen atoms in total. The Kier molecular flexibility index (Phi) is 4.73. The number of benzene rings is 1. The summed E-state index contributed by atoms with van der Waals surface area (Å²) in [4.78, 5) is 0. The van der Waals surface area contributed by atoms with Gasteiger partial charge >= 0.3 is 12.1 Å². The molecule has 1 unspecified atom stereocenters. The Balaban J connectivity index is 3.07. The second kappa shape index (κ2) is 5.58. The van der Waals surface area contributed by atoms with E-state index in [1.165, 1.54) is 6.07 Å². The van der Waals surface area contributed by atoms with Crippen molar-refractivity contribution in [2.45, 2.75) is 25.1 Å². The third kappa shape index (κ3) is 3.54. The molecule has 1 N–H and O–H groups in total. The lowest BCUT2D eigenvalue weighted by Crippen LogP contribution is -2.47. The van der Waals surface area contributed by atoms with Gasteiger partial charge in [0.25, 0.3) is 0 Å². The minimum Gasteiger partial charge on any atom is -0.382 e. The molecule has 0 amide bonds. The van der Waals surface area contributed by atoms with Crippen LogP contribution in [0.1, 0.15) is 12.5 Å². The highest BCUT2D eigenvalue weighted by atomic mass is 79.9. The fourth-order valence-corrected chi connectivity index (χ4v) is 1.76. The fourth-order valence-electron chi connectivity index (χ4n) is 1.36. The van der Waals surface area contributed by atoms with Crippen molar-refractivity contribution in [3.05, 3.63) is 39.9 Å². The zero-order valence-corrected chi connectivity index (χ0v) is 11.3. The highest BCUT2D eigenvalue weighted by Crippen LogP contribution is 2.40. The molecule has 0 spiro atoms. The van der Waals surface area contributed by atoms with Crippen molar-refractivity contribution >= 4 is 22.0 Å². The predicted molar refractivity (Wildman–Crippen MR) is 64.8 cm³/mol. The van der Waals surface area contributed by atoms with Gasteiger partial charge in [-0.2, -0.15) is 22.0 Å². The Labute approximate surface area is 114 Å². The van der Waals surface area contributed by atoms with Gasteiger partial charge in [0.1, 0.15) is 6.10 Å². The van der Waals surface area contributed by atoms with Crippen molar-refractivity contribution < 1.29 is 27.1 Å². The first-order chi connectivity index (χ1) is 8.57. The van der Waals surface area contributed by atoms with Crippen LogP contribution >= 0.6 is 15.9 Å². The molecule has 0 radical (unpaired) electrons. The standard InChI is InChI=1S/C12H10BrF5O/c1-7(6-8-4-2-3-5-9(8)13)10(19)11(14,15)12(16,17)18/h2-6,10,19H,1H3/b7-6+. The van der Waals surface area contributed by atoms with Gasteiger partial charge in [0.2, 0.25) is 0 Å². The van der Waals surface area contributed by atoms with E-state index < -0.39 is 23.8 Å². The van der Waals surface area contributed by atoms with Crippen LogP contribution in [0.5, 0.6) is 0 Å². The van der Waals surface area contributed by atoms with Crippen molar-refractivity contribution in [3.63, 3.8) is 0 Å². The molecule has 0 aliphatic heterocycles. The zero-order chi connectivity index (χ0) is 14.8. The maximum Gasteiger partial charge on any atom is 0.456 e. The van der Waals surface area contributed by atoms with Crippen molar-refractivity contribution in [3.8, 4) is 0 Å². The molecule has 1 aromatic rings. The zero-order valence-electron chi connectivity index (χ0n) is 9.68. The van der Waals surface area contributed by atoms with Crippen LogP contribution in [-0.2, 0) is 0 Å². The van der Waals surface area contributed by atoms with Gasteiger partial charge in [-0.1, -0.05) is 40.2 Å². The molecule has 1 rings (SSSR count). The van der Waals surface area contributed by atoms with Crippen LogP contribution in [0.15, 0.2) is 34.3 Å². The Bertz CT molecular complexity index is 481. The monoisotopic (exact) mass is 344 g/mol. The maximum atomic E-state index is 13.0. The van der Waals surface area contributed by atoms with Crippen LogP contribution in [0, 0.1) is 0 Å². The van der Waals surface area contributed by atoms with Gasteiger partial charge in [-0.05, 0) is 24.1 Å². The molecular weight excluding hydrogens is 335 g/mol. The van der Waals surface area contributed by atoms with Crippen LogP contribution in [0.3, 0.4) is 0 Å². The van der Waals surface area contributed by atoms with Crippen molar-refractivity contribution in [1.82, 2.24) is 0 Å². The van der Waals surface area contributed by atoms with Crippen LogP contribution in [-0.4, -0.2) is 23.3 Å². The van der Waals surface area contributed by atoms with Crippen molar-refractivity contribution in [1.29, 1.82) is 0 Å². The number of aliphatic hydroxyl groups excluding tert-OH is 1. The Hall–Kier alpha value is -0.950. The van der Waals surface area contributed by atoms with E-state index in [1.807, 2.05) is 0 Å². The average Bonchev–Trinajstić information content (AvgIpc) is 2.29. The van der Waals surface area contributed by atoms with Gasteiger partial charge in [0, 0.05) is 4.47 Å². The Morgan fingerprint density at radius 1 is 1.21 bits per heavy atom. The number of halogens is 6. The molecule has 0 aliphatic carbocycles. The first kappa shape index (κ1) is 16.1. The minimum absolute atomic E-state index is 0.400. The van der Waals surface area contributed by atoms with Crippen LogP contribution < -0.4 is 0 Å². The summed E-state index contributed by atoms with van der Waals surface area (Å²) >= 11 is 3.13. The molecular formula is C12H10BrF5O. The first-order valence-electron chi connectivity index (χ1n) is 5.12.